The van der Waals surface area contributed by atoms with Gasteiger partial charge in [-0.1, -0.05) is 19.8 Å². The van der Waals surface area contributed by atoms with Crippen LogP contribution in [0, 0.1) is 11.6 Å². The number of Topliss-reactive ketones (excluding diaryl/α,β-unsaturated/α-hetero) is 1. The van der Waals surface area contributed by atoms with Crippen molar-refractivity contribution in [2.24, 2.45) is 0 Å². The first-order chi connectivity index (χ1) is 9.11. The number of carbonyl (C=O) groups is 1. The summed E-state index contributed by atoms with van der Waals surface area (Å²) in [5.74, 6) is -1.56. The van der Waals surface area contributed by atoms with Crippen molar-refractivity contribution in [3.05, 3.63) is 35.4 Å². The molecule has 0 unspecified atom stereocenters. The molecule has 1 aromatic rings. The molecule has 104 valence electrons. The average Bonchev–Trinajstić information content (AvgIpc) is 2.92. The van der Waals surface area contributed by atoms with Gasteiger partial charge in [-0.3, -0.25) is 9.69 Å². The Morgan fingerprint density at radius 3 is 2.63 bits per heavy atom. The third kappa shape index (κ3) is 3.38. The minimum Gasteiger partial charge on any atom is -0.293 e. The number of likely N-dealkylation sites (N-methyl/N-ethyl adjacent to an activating group) is 1. The first kappa shape index (κ1) is 14.1. The number of benzene rings is 1. The van der Waals surface area contributed by atoms with Gasteiger partial charge in [0, 0.05) is 6.04 Å². The van der Waals surface area contributed by atoms with Crippen molar-refractivity contribution in [1.82, 2.24) is 4.90 Å². The molecule has 1 aliphatic rings. The van der Waals surface area contributed by atoms with Crippen molar-refractivity contribution in [1.29, 1.82) is 0 Å². The normalized spacial score (nSPS) is 16.2. The standard InChI is InChI=1S/C15H19F2NO/c1-2-18(12-5-3-4-6-12)10-15(19)13-9-11(16)7-8-14(13)17/h7-9,12H,2-6,10H2,1H3. The van der Waals surface area contributed by atoms with Crippen LogP contribution in [0.5, 0.6) is 0 Å². The van der Waals surface area contributed by atoms with Crippen molar-refractivity contribution < 1.29 is 13.6 Å². The number of halogens is 2. The highest BCUT2D eigenvalue weighted by atomic mass is 19.1. The number of carbonyl (C=O) groups excluding carboxylic acids is 1. The monoisotopic (exact) mass is 267 g/mol. The lowest BCUT2D eigenvalue weighted by Crippen LogP contribution is -2.37. The molecule has 1 aliphatic carbocycles. The second-order valence-electron chi connectivity index (χ2n) is 5.05. The lowest BCUT2D eigenvalue weighted by molar-refractivity contribution is 0.0894. The van der Waals surface area contributed by atoms with Crippen LogP contribution in [0.4, 0.5) is 8.78 Å². The summed E-state index contributed by atoms with van der Waals surface area (Å²) >= 11 is 0. The van der Waals surface area contributed by atoms with E-state index in [-0.39, 0.29) is 17.9 Å². The van der Waals surface area contributed by atoms with Gasteiger partial charge in [-0.15, -0.1) is 0 Å². The van der Waals surface area contributed by atoms with Crippen molar-refractivity contribution in [2.75, 3.05) is 13.1 Å². The minimum atomic E-state index is -0.645. The van der Waals surface area contributed by atoms with Crippen LogP contribution in [-0.2, 0) is 0 Å². The van der Waals surface area contributed by atoms with E-state index in [2.05, 4.69) is 4.90 Å². The van der Waals surface area contributed by atoms with E-state index in [0.29, 0.717) is 6.04 Å². The van der Waals surface area contributed by atoms with Crippen molar-refractivity contribution in [2.45, 2.75) is 38.6 Å². The predicted octanol–water partition coefficient (Wildman–Crippen LogP) is 3.41. The molecule has 1 fully saturated rings. The summed E-state index contributed by atoms with van der Waals surface area (Å²) in [5, 5.41) is 0. The van der Waals surface area contributed by atoms with Gasteiger partial charge >= 0.3 is 0 Å². The van der Waals surface area contributed by atoms with E-state index in [4.69, 9.17) is 0 Å². The van der Waals surface area contributed by atoms with Crippen LogP contribution >= 0.6 is 0 Å². The Morgan fingerprint density at radius 2 is 2.00 bits per heavy atom. The number of hydrogen-bond acceptors (Lipinski definition) is 2. The summed E-state index contributed by atoms with van der Waals surface area (Å²) in [4.78, 5) is 14.2. The molecular formula is C15H19F2NO. The van der Waals surface area contributed by atoms with E-state index >= 15 is 0 Å². The van der Waals surface area contributed by atoms with Gasteiger partial charge in [0.25, 0.3) is 0 Å². The lowest BCUT2D eigenvalue weighted by Gasteiger charge is -2.26. The van der Waals surface area contributed by atoms with Crippen molar-refractivity contribution in [3.63, 3.8) is 0 Å². The molecule has 4 heteroatoms. The molecule has 0 radical (unpaired) electrons. The fourth-order valence-corrected chi connectivity index (χ4v) is 2.75. The van der Waals surface area contributed by atoms with E-state index in [0.717, 1.165) is 37.6 Å². The second kappa shape index (κ2) is 6.24. The fourth-order valence-electron chi connectivity index (χ4n) is 2.75. The van der Waals surface area contributed by atoms with Gasteiger partial charge in [-0.2, -0.15) is 0 Å². The van der Waals surface area contributed by atoms with Gasteiger partial charge in [-0.05, 0) is 37.6 Å². The highest BCUT2D eigenvalue weighted by Crippen LogP contribution is 2.23. The fraction of sp³-hybridized carbons (Fsp3) is 0.533. The maximum Gasteiger partial charge on any atom is 0.179 e. The van der Waals surface area contributed by atoms with Gasteiger partial charge < -0.3 is 0 Å². The molecule has 1 saturated carbocycles. The zero-order valence-electron chi connectivity index (χ0n) is 11.2. The molecule has 0 amide bonds. The molecule has 0 spiro atoms. The summed E-state index contributed by atoms with van der Waals surface area (Å²) in [6.45, 7) is 2.92. The zero-order valence-corrected chi connectivity index (χ0v) is 11.2. The third-order valence-corrected chi connectivity index (χ3v) is 3.82. The molecule has 2 nitrogen and oxygen atoms in total. The molecule has 0 atom stereocenters. The maximum atomic E-state index is 13.5. The van der Waals surface area contributed by atoms with E-state index in [1.165, 1.54) is 12.8 Å². The van der Waals surface area contributed by atoms with Crippen LogP contribution in [0.15, 0.2) is 18.2 Å². The molecule has 1 aromatic carbocycles. The number of rotatable bonds is 5. The molecule has 19 heavy (non-hydrogen) atoms. The molecular weight excluding hydrogens is 248 g/mol. The minimum absolute atomic E-state index is 0.142. The number of nitrogens with zero attached hydrogens (tertiary/aromatic N) is 1. The van der Waals surface area contributed by atoms with Gasteiger partial charge in [0.2, 0.25) is 0 Å². The highest BCUT2D eigenvalue weighted by Gasteiger charge is 2.24. The Balaban J connectivity index is 2.08. The van der Waals surface area contributed by atoms with Crippen molar-refractivity contribution in [3.8, 4) is 0 Å². The Kier molecular flexibility index (Phi) is 4.64. The van der Waals surface area contributed by atoms with Gasteiger partial charge in [0.15, 0.2) is 5.78 Å². The molecule has 0 N–H and O–H groups in total. The van der Waals surface area contributed by atoms with Gasteiger partial charge in [-0.25, -0.2) is 8.78 Å². The van der Waals surface area contributed by atoms with Crippen LogP contribution in [-0.4, -0.2) is 29.8 Å². The smallest absolute Gasteiger partial charge is 0.179 e. The Morgan fingerprint density at radius 1 is 1.32 bits per heavy atom. The first-order valence-corrected chi connectivity index (χ1v) is 6.84. The quantitative estimate of drug-likeness (QED) is 0.762. The summed E-state index contributed by atoms with van der Waals surface area (Å²) in [7, 11) is 0. The molecule has 0 aromatic heterocycles. The first-order valence-electron chi connectivity index (χ1n) is 6.84. The number of hydrogen-bond donors (Lipinski definition) is 0. The Labute approximate surface area is 112 Å². The second-order valence-corrected chi connectivity index (χ2v) is 5.05. The lowest BCUT2D eigenvalue weighted by atomic mass is 10.1. The molecule has 0 bridgehead atoms. The van der Waals surface area contributed by atoms with Crippen LogP contribution in [0.2, 0.25) is 0 Å². The zero-order chi connectivity index (χ0) is 13.8. The summed E-state index contributed by atoms with van der Waals surface area (Å²) in [5.41, 5.74) is -0.142. The molecule has 0 heterocycles. The Hall–Kier alpha value is -1.29. The summed E-state index contributed by atoms with van der Waals surface area (Å²) in [6.07, 6.45) is 4.55. The van der Waals surface area contributed by atoms with Crippen LogP contribution in [0.25, 0.3) is 0 Å². The van der Waals surface area contributed by atoms with E-state index in [9.17, 15) is 13.6 Å². The maximum absolute atomic E-state index is 13.5. The van der Waals surface area contributed by atoms with E-state index in [1.54, 1.807) is 0 Å². The van der Waals surface area contributed by atoms with Crippen LogP contribution in [0.1, 0.15) is 43.0 Å². The highest BCUT2D eigenvalue weighted by molar-refractivity contribution is 5.97. The SMILES string of the molecule is CCN(CC(=O)c1cc(F)ccc1F)C1CCCC1. The third-order valence-electron chi connectivity index (χ3n) is 3.82. The molecule has 0 saturated heterocycles. The van der Waals surface area contributed by atoms with E-state index < -0.39 is 11.6 Å². The molecule has 0 aliphatic heterocycles. The predicted molar refractivity (Wildman–Crippen MR) is 70.2 cm³/mol. The van der Waals surface area contributed by atoms with Crippen LogP contribution in [0.3, 0.4) is 0 Å². The summed E-state index contributed by atoms with van der Waals surface area (Å²) in [6, 6.07) is 3.43. The topological polar surface area (TPSA) is 20.3 Å². The Bertz CT molecular complexity index is 455. The van der Waals surface area contributed by atoms with Crippen LogP contribution < -0.4 is 0 Å². The van der Waals surface area contributed by atoms with Crippen molar-refractivity contribution >= 4 is 5.78 Å². The largest absolute Gasteiger partial charge is 0.293 e. The summed E-state index contributed by atoms with van der Waals surface area (Å²) < 4.78 is 26.6. The van der Waals surface area contributed by atoms with Gasteiger partial charge in [0.05, 0.1) is 12.1 Å². The number of ketones is 1. The average molecular weight is 267 g/mol. The molecule has 2 rings (SSSR count). The van der Waals surface area contributed by atoms with E-state index in [1.807, 2.05) is 6.92 Å². The van der Waals surface area contributed by atoms with Gasteiger partial charge in [0.1, 0.15) is 11.6 Å².